The van der Waals surface area contributed by atoms with E-state index in [9.17, 15) is 19.5 Å². The Morgan fingerprint density at radius 2 is 2.03 bits per heavy atom. The number of fused-ring (bicyclic) bond motifs is 1. The van der Waals surface area contributed by atoms with E-state index >= 15 is 0 Å². The number of alkyl carbamates (subject to hydrolysis) is 1. The molecule has 0 radical (unpaired) electrons. The quantitative estimate of drug-likeness (QED) is 0.615. The zero-order valence-electron chi connectivity index (χ0n) is 17.0. The van der Waals surface area contributed by atoms with E-state index < -0.39 is 18.1 Å². The molecule has 8 heteroatoms. The van der Waals surface area contributed by atoms with Crippen LogP contribution in [0.1, 0.15) is 38.3 Å². The molecule has 0 saturated heterocycles. The Hall–Kier alpha value is -2.87. The summed E-state index contributed by atoms with van der Waals surface area (Å²) in [5, 5.41) is 12.2. The number of amides is 1. The van der Waals surface area contributed by atoms with E-state index in [0.29, 0.717) is 41.5 Å². The second-order valence-corrected chi connectivity index (χ2v) is 8.19. The molecule has 4 N–H and O–H groups in total. The number of nitrogens with two attached hydrogens (primary N) is 1. The molecule has 2 aromatic rings. The number of carboxylic acids is 1. The lowest BCUT2D eigenvalue weighted by atomic mass is 9.99. The third-order valence-electron chi connectivity index (χ3n) is 4.22. The van der Waals surface area contributed by atoms with Crippen molar-refractivity contribution in [3.05, 3.63) is 45.8 Å². The minimum atomic E-state index is -1.19. The van der Waals surface area contributed by atoms with Gasteiger partial charge in [0.05, 0.1) is 18.3 Å². The highest BCUT2D eigenvalue weighted by Gasteiger charge is 2.23. The number of ether oxygens (including phenoxy) is 1. The molecule has 1 aromatic heterocycles. The molecule has 1 heterocycles. The fourth-order valence-corrected chi connectivity index (χ4v) is 2.71. The fraction of sp³-hybridized carbons (Fsp3) is 0.476. The van der Waals surface area contributed by atoms with Crippen LogP contribution in [0.2, 0.25) is 0 Å². The standard InChI is InChI=1S/C21H28N2O6/c1-21(2,3)12-29-20(27)23-16(19(25)26)10-13-6-7-17-15(9-13)18(24)14(11-28-17)5-4-8-22/h6-7,9,11,16H,4-5,8,10,12,22H2,1-3H3,(H,23,27)(H,25,26). The summed E-state index contributed by atoms with van der Waals surface area (Å²) in [5.74, 6) is -1.19. The highest BCUT2D eigenvalue weighted by Crippen LogP contribution is 2.16. The van der Waals surface area contributed by atoms with Crippen molar-refractivity contribution in [1.29, 1.82) is 0 Å². The van der Waals surface area contributed by atoms with Gasteiger partial charge in [-0.1, -0.05) is 26.8 Å². The monoisotopic (exact) mass is 404 g/mol. The third-order valence-corrected chi connectivity index (χ3v) is 4.22. The molecule has 1 aromatic carbocycles. The van der Waals surface area contributed by atoms with Crippen molar-refractivity contribution in [2.45, 2.75) is 46.1 Å². The summed E-state index contributed by atoms with van der Waals surface area (Å²) < 4.78 is 10.6. The Morgan fingerprint density at radius 1 is 1.31 bits per heavy atom. The largest absolute Gasteiger partial charge is 0.480 e. The molecule has 0 fully saturated rings. The van der Waals surface area contributed by atoms with Crippen molar-refractivity contribution in [3.8, 4) is 0 Å². The van der Waals surface area contributed by atoms with Crippen molar-refractivity contribution in [2.75, 3.05) is 13.2 Å². The van der Waals surface area contributed by atoms with E-state index in [2.05, 4.69) is 5.32 Å². The second kappa shape index (κ2) is 9.56. The van der Waals surface area contributed by atoms with Gasteiger partial charge in [0.15, 0.2) is 5.43 Å². The Kier molecular flexibility index (Phi) is 7.39. The molecule has 2 rings (SSSR count). The number of benzene rings is 1. The number of carboxylic acid groups (broad SMARTS) is 1. The predicted molar refractivity (Wildman–Crippen MR) is 109 cm³/mol. The normalized spacial score (nSPS) is 12.6. The SMILES string of the molecule is CC(C)(C)COC(=O)NC(Cc1ccc2occ(CCCN)c(=O)c2c1)C(=O)O. The van der Waals surface area contributed by atoms with Gasteiger partial charge < -0.3 is 25.3 Å². The van der Waals surface area contributed by atoms with Gasteiger partial charge in [-0.3, -0.25) is 4.79 Å². The van der Waals surface area contributed by atoms with Crippen LogP contribution < -0.4 is 16.5 Å². The fourth-order valence-electron chi connectivity index (χ4n) is 2.71. The molecular weight excluding hydrogens is 376 g/mol. The molecular formula is C21H28N2O6. The minimum absolute atomic E-state index is 0.00234. The van der Waals surface area contributed by atoms with Gasteiger partial charge in [0.2, 0.25) is 0 Å². The number of aryl methyl sites for hydroxylation is 1. The van der Waals surface area contributed by atoms with Crippen LogP contribution in [0.5, 0.6) is 0 Å². The Bertz CT molecular complexity index is 929. The molecule has 0 aliphatic heterocycles. The van der Waals surface area contributed by atoms with Crippen molar-refractivity contribution in [3.63, 3.8) is 0 Å². The van der Waals surface area contributed by atoms with Crippen LogP contribution in [0, 0.1) is 5.41 Å². The highest BCUT2D eigenvalue weighted by molar-refractivity contribution is 5.81. The Labute approximate surface area is 169 Å². The van der Waals surface area contributed by atoms with Crippen LogP contribution in [-0.4, -0.2) is 36.4 Å². The molecule has 1 unspecified atom stereocenters. The number of nitrogens with one attached hydrogen (secondary N) is 1. The predicted octanol–water partition coefficient (Wildman–Crippen LogP) is 2.45. The zero-order valence-corrected chi connectivity index (χ0v) is 17.0. The van der Waals surface area contributed by atoms with Crippen LogP contribution in [0.15, 0.2) is 33.7 Å². The first-order valence-corrected chi connectivity index (χ1v) is 9.50. The first-order valence-electron chi connectivity index (χ1n) is 9.50. The van der Waals surface area contributed by atoms with Gasteiger partial charge in [0.25, 0.3) is 0 Å². The number of carbonyl (C=O) groups excluding carboxylic acids is 1. The van der Waals surface area contributed by atoms with E-state index in [1.165, 1.54) is 6.26 Å². The summed E-state index contributed by atoms with van der Waals surface area (Å²) in [6.07, 6.45) is 1.82. The van der Waals surface area contributed by atoms with Crippen molar-refractivity contribution >= 4 is 23.0 Å². The summed E-state index contributed by atoms with van der Waals surface area (Å²) in [4.78, 5) is 36.2. The zero-order chi connectivity index (χ0) is 21.6. The van der Waals surface area contributed by atoms with Gasteiger partial charge in [0, 0.05) is 12.0 Å². The van der Waals surface area contributed by atoms with E-state index in [0.717, 1.165) is 0 Å². The molecule has 1 amide bonds. The third kappa shape index (κ3) is 6.60. The lowest BCUT2D eigenvalue weighted by molar-refractivity contribution is -0.139. The Balaban J connectivity index is 2.18. The smallest absolute Gasteiger partial charge is 0.407 e. The van der Waals surface area contributed by atoms with Crippen LogP contribution in [0.3, 0.4) is 0 Å². The maximum atomic E-state index is 12.7. The van der Waals surface area contributed by atoms with Crippen LogP contribution in [0.4, 0.5) is 4.79 Å². The van der Waals surface area contributed by atoms with Gasteiger partial charge in [-0.05, 0) is 42.5 Å². The average molecular weight is 404 g/mol. The summed E-state index contributed by atoms with van der Waals surface area (Å²) in [7, 11) is 0. The number of hydrogen-bond acceptors (Lipinski definition) is 6. The van der Waals surface area contributed by atoms with Gasteiger partial charge in [-0.15, -0.1) is 0 Å². The average Bonchev–Trinajstić information content (AvgIpc) is 2.65. The van der Waals surface area contributed by atoms with Crippen LogP contribution in [-0.2, 0) is 22.4 Å². The maximum Gasteiger partial charge on any atom is 0.407 e. The molecule has 1 atom stereocenters. The topological polar surface area (TPSA) is 132 Å². The van der Waals surface area contributed by atoms with Crippen molar-refractivity contribution in [2.24, 2.45) is 11.1 Å². The maximum absolute atomic E-state index is 12.7. The van der Waals surface area contributed by atoms with E-state index in [1.54, 1.807) is 18.2 Å². The van der Waals surface area contributed by atoms with Gasteiger partial charge in [0.1, 0.15) is 11.6 Å². The summed E-state index contributed by atoms with van der Waals surface area (Å²) >= 11 is 0. The van der Waals surface area contributed by atoms with E-state index in [4.69, 9.17) is 14.9 Å². The van der Waals surface area contributed by atoms with Gasteiger partial charge >= 0.3 is 12.1 Å². The molecule has 158 valence electrons. The summed E-state index contributed by atoms with van der Waals surface area (Å²) in [6, 6.07) is 3.71. The number of aliphatic carboxylic acids is 1. The lowest BCUT2D eigenvalue weighted by Gasteiger charge is -2.20. The van der Waals surface area contributed by atoms with Crippen LogP contribution >= 0.6 is 0 Å². The number of carbonyl (C=O) groups is 2. The highest BCUT2D eigenvalue weighted by atomic mass is 16.5. The van der Waals surface area contributed by atoms with E-state index in [1.807, 2.05) is 20.8 Å². The van der Waals surface area contributed by atoms with Gasteiger partial charge in [-0.25, -0.2) is 9.59 Å². The molecule has 0 bridgehead atoms. The molecule has 0 aliphatic rings. The first kappa shape index (κ1) is 22.4. The lowest BCUT2D eigenvalue weighted by Crippen LogP contribution is -2.43. The van der Waals surface area contributed by atoms with Gasteiger partial charge in [-0.2, -0.15) is 0 Å². The molecule has 0 saturated carbocycles. The van der Waals surface area contributed by atoms with Crippen molar-refractivity contribution in [1.82, 2.24) is 5.32 Å². The molecule has 29 heavy (non-hydrogen) atoms. The Morgan fingerprint density at radius 3 is 2.66 bits per heavy atom. The van der Waals surface area contributed by atoms with E-state index in [-0.39, 0.29) is 23.9 Å². The molecule has 0 aliphatic carbocycles. The summed E-state index contributed by atoms with van der Waals surface area (Å²) in [6.45, 7) is 6.33. The van der Waals surface area contributed by atoms with Crippen molar-refractivity contribution < 1.29 is 23.8 Å². The molecule has 0 spiro atoms. The second-order valence-electron chi connectivity index (χ2n) is 8.19. The number of hydrogen-bond donors (Lipinski definition) is 3. The number of rotatable bonds is 8. The minimum Gasteiger partial charge on any atom is -0.480 e. The summed E-state index contributed by atoms with van der Waals surface area (Å²) in [5.41, 5.74) is 6.64. The van der Waals surface area contributed by atoms with Crippen LogP contribution in [0.25, 0.3) is 11.0 Å². The first-order chi connectivity index (χ1) is 13.6. The molecule has 8 nitrogen and oxygen atoms in total.